The molecule has 1 spiro atoms. The van der Waals surface area contributed by atoms with Crippen molar-refractivity contribution >= 4 is 5.71 Å². The van der Waals surface area contributed by atoms with Gasteiger partial charge in [-0.2, -0.15) is 0 Å². The number of hydrogen-bond donors (Lipinski definition) is 1. The van der Waals surface area contributed by atoms with Crippen LogP contribution in [0.3, 0.4) is 0 Å². The van der Waals surface area contributed by atoms with Crippen molar-refractivity contribution in [2.24, 2.45) is 10.6 Å². The van der Waals surface area contributed by atoms with Gasteiger partial charge in [0.05, 0.1) is 29.9 Å². The Bertz CT molecular complexity index is 555. The molecule has 0 unspecified atom stereocenters. The maximum absolute atomic E-state index is 10.3. The molecule has 0 aromatic heterocycles. The molecule has 0 amide bonds. The maximum Gasteiger partial charge on any atom is 0.157 e. The fourth-order valence-corrected chi connectivity index (χ4v) is 3.59. The number of aliphatic hydroxyl groups is 1. The Kier molecular flexibility index (Phi) is 3.97. The van der Waals surface area contributed by atoms with Crippen LogP contribution >= 0.6 is 0 Å². The summed E-state index contributed by atoms with van der Waals surface area (Å²) in [5, 5.41) is 14.6. The number of nitrogens with zero attached hydrogens (tertiary/aromatic N) is 1. The normalized spacial score (nSPS) is 38.1. The van der Waals surface area contributed by atoms with E-state index >= 15 is 0 Å². The second kappa shape index (κ2) is 5.65. The number of hydrogen-bond acceptors (Lipinski definition) is 5. The summed E-state index contributed by atoms with van der Waals surface area (Å²) in [6.07, 6.45) is 0.613. The van der Waals surface area contributed by atoms with Crippen molar-refractivity contribution in [1.29, 1.82) is 0 Å². The highest BCUT2D eigenvalue weighted by molar-refractivity contribution is 5.90. The molecule has 0 radical (unpaired) electrons. The predicted molar refractivity (Wildman–Crippen MR) is 83.0 cm³/mol. The highest BCUT2D eigenvalue weighted by Gasteiger charge is 2.67. The van der Waals surface area contributed by atoms with Crippen LogP contribution in [-0.4, -0.2) is 42.3 Å². The molecular formula is C17H23NO4. The van der Waals surface area contributed by atoms with Crippen LogP contribution in [0.1, 0.15) is 26.7 Å². The van der Waals surface area contributed by atoms with Gasteiger partial charge in [0.15, 0.2) is 5.75 Å². The molecule has 1 aromatic carbocycles. The van der Waals surface area contributed by atoms with Gasteiger partial charge >= 0.3 is 0 Å². The highest BCUT2D eigenvalue weighted by Crippen LogP contribution is 2.55. The molecule has 1 saturated carbocycles. The van der Waals surface area contributed by atoms with Gasteiger partial charge in [0, 0.05) is 7.11 Å². The zero-order chi connectivity index (χ0) is 15.8. The Morgan fingerprint density at radius 2 is 2.05 bits per heavy atom. The molecule has 5 nitrogen and oxygen atoms in total. The van der Waals surface area contributed by atoms with Gasteiger partial charge in [0.1, 0.15) is 5.60 Å². The summed E-state index contributed by atoms with van der Waals surface area (Å²) in [5.41, 5.74) is -0.0196. The Balaban J connectivity index is 1.88. The Labute approximate surface area is 130 Å². The summed E-state index contributed by atoms with van der Waals surface area (Å²) in [7, 11) is 1.62. The highest BCUT2D eigenvalue weighted by atomic mass is 16.6. The van der Waals surface area contributed by atoms with Crippen LogP contribution in [0.2, 0.25) is 0 Å². The largest absolute Gasteiger partial charge is 0.390 e. The van der Waals surface area contributed by atoms with E-state index in [1.165, 1.54) is 0 Å². The standard InChI is InChI=1S/C17H23NO4/c1-12(18-22-13-7-5-4-6-8-13)16(2)15(20-3)14(19)9-10-17(16)11-21-17/h4-8,14-15,19H,9-11H2,1-3H3/b18-12+/t14-,15-,16+,17+/m1/s1. The first-order chi connectivity index (χ1) is 10.5. The molecular weight excluding hydrogens is 282 g/mol. The summed E-state index contributed by atoms with van der Waals surface area (Å²) in [5.74, 6) is 0.682. The quantitative estimate of drug-likeness (QED) is 0.527. The second-order valence-corrected chi connectivity index (χ2v) is 6.33. The van der Waals surface area contributed by atoms with E-state index in [2.05, 4.69) is 5.16 Å². The van der Waals surface area contributed by atoms with Gasteiger partial charge in [-0.1, -0.05) is 23.4 Å². The van der Waals surface area contributed by atoms with Gasteiger partial charge in [0.25, 0.3) is 0 Å². The van der Waals surface area contributed by atoms with Crippen molar-refractivity contribution in [3.63, 3.8) is 0 Å². The van der Waals surface area contributed by atoms with Crippen LogP contribution in [0.25, 0.3) is 0 Å². The fraction of sp³-hybridized carbons (Fsp3) is 0.588. The molecule has 4 atom stereocenters. The van der Waals surface area contributed by atoms with Crippen molar-refractivity contribution in [3.8, 4) is 5.75 Å². The van der Waals surface area contributed by atoms with Crippen LogP contribution in [0.15, 0.2) is 35.5 Å². The third-order valence-corrected chi connectivity index (χ3v) is 5.24. The number of oxime groups is 1. The van der Waals surface area contributed by atoms with Crippen molar-refractivity contribution in [3.05, 3.63) is 30.3 Å². The molecule has 1 aliphatic carbocycles. The first kappa shape index (κ1) is 15.5. The van der Waals surface area contributed by atoms with E-state index < -0.39 is 11.5 Å². The third-order valence-electron chi connectivity index (χ3n) is 5.24. The van der Waals surface area contributed by atoms with E-state index in [-0.39, 0.29) is 11.7 Å². The smallest absolute Gasteiger partial charge is 0.157 e. The lowest BCUT2D eigenvalue weighted by Crippen LogP contribution is -2.59. The Hall–Kier alpha value is -1.43. The van der Waals surface area contributed by atoms with Crippen LogP contribution in [0, 0.1) is 5.41 Å². The van der Waals surface area contributed by atoms with Crippen LogP contribution < -0.4 is 4.84 Å². The third kappa shape index (κ3) is 2.33. The van der Waals surface area contributed by atoms with Gasteiger partial charge in [0.2, 0.25) is 0 Å². The molecule has 1 heterocycles. The summed E-state index contributed by atoms with van der Waals surface area (Å²) in [6, 6.07) is 9.43. The van der Waals surface area contributed by atoms with E-state index in [1.54, 1.807) is 7.11 Å². The first-order valence-corrected chi connectivity index (χ1v) is 7.65. The molecule has 2 aliphatic rings. The van der Waals surface area contributed by atoms with E-state index in [4.69, 9.17) is 14.3 Å². The Morgan fingerprint density at radius 1 is 1.36 bits per heavy atom. The number of para-hydroxylation sites is 1. The van der Waals surface area contributed by atoms with Gasteiger partial charge in [-0.25, -0.2) is 0 Å². The van der Waals surface area contributed by atoms with Crippen molar-refractivity contribution in [2.45, 2.75) is 44.5 Å². The minimum absolute atomic E-state index is 0.291. The van der Waals surface area contributed by atoms with Gasteiger partial charge in [-0.05, 0) is 38.8 Å². The average Bonchev–Trinajstić information content (AvgIpc) is 3.32. The molecule has 120 valence electrons. The molecule has 1 aromatic rings. The minimum Gasteiger partial charge on any atom is -0.390 e. The van der Waals surface area contributed by atoms with E-state index in [9.17, 15) is 5.11 Å². The number of benzene rings is 1. The lowest BCUT2D eigenvalue weighted by Gasteiger charge is -2.47. The maximum atomic E-state index is 10.3. The minimum atomic E-state index is -0.522. The zero-order valence-corrected chi connectivity index (χ0v) is 13.3. The SMILES string of the molecule is CO[C@@H]1[C@H](O)CC[C@]2(CO2)[C@@]1(C)/C(C)=N/Oc1ccccc1. The molecule has 1 aliphatic heterocycles. The van der Waals surface area contributed by atoms with Gasteiger partial charge in [-0.15, -0.1) is 0 Å². The van der Waals surface area contributed by atoms with Crippen molar-refractivity contribution < 1.29 is 19.4 Å². The molecule has 2 fully saturated rings. The molecule has 3 rings (SSSR count). The predicted octanol–water partition coefficient (Wildman–Crippen LogP) is 2.39. The van der Waals surface area contributed by atoms with Gasteiger partial charge in [-0.3, -0.25) is 0 Å². The van der Waals surface area contributed by atoms with E-state index in [1.807, 2.05) is 44.2 Å². The van der Waals surface area contributed by atoms with Crippen LogP contribution in [-0.2, 0) is 9.47 Å². The summed E-state index contributed by atoms with van der Waals surface area (Å²) in [4.78, 5) is 5.53. The molecule has 0 bridgehead atoms. The van der Waals surface area contributed by atoms with Crippen molar-refractivity contribution in [2.75, 3.05) is 13.7 Å². The summed E-state index contributed by atoms with van der Waals surface area (Å²) >= 11 is 0. The first-order valence-electron chi connectivity index (χ1n) is 7.65. The molecule has 1 N–H and O–H groups in total. The molecule has 5 heteroatoms. The van der Waals surface area contributed by atoms with E-state index in [0.717, 1.165) is 12.1 Å². The second-order valence-electron chi connectivity index (χ2n) is 6.33. The van der Waals surface area contributed by atoms with Gasteiger partial charge < -0.3 is 19.4 Å². The molecule has 22 heavy (non-hydrogen) atoms. The number of rotatable bonds is 4. The topological polar surface area (TPSA) is 63.6 Å². The van der Waals surface area contributed by atoms with Crippen LogP contribution in [0.4, 0.5) is 0 Å². The Morgan fingerprint density at radius 3 is 2.64 bits per heavy atom. The summed E-state index contributed by atoms with van der Waals surface area (Å²) < 4.78 is 11.4. The summed E-state index contributed by atoms with van der Waals surface area (Å²) in [6.45, 7) is 4.63. The fourth-order valence-electron chi connectivity index (χ4n) is 3.59. The number of ether oxygens (including phenoxy) is 2. The van der Waals surface area contributed by atoms with E-state index in [0.29, 0.717) is 18.8 Å². The number of methoxy groups -OCH3 is 1. The lowest BCUT2D eigenvalue weighted by molar-refractivity contribution is -0.114. The monoisotopic (exact) mass is 305 g/mol. The van der Waals surface area contributed by atoms with Crippen molar-refractivity contribution in [1.82, 2.24) is 0 Å². The van der Waals surface area contributed by atoms with Crippen LogP contribution in [0.5, 0.6) is 5.75 Å². The average molecular weight is 305 g/mol. The zero-order valence-electron chi connectivity index (χ0n) is 13.3. The molecule has 1 saturated heterocycles. The number of aliphatic hydroxyl groups excluding tert-OH is 1. The number of epoxide rings is 1. The lowest BCUT2D eigenvalue weighted by atomic mass is 9.62.